The fourth-order valence-electron chi connectivity index (χ4n) is 1.64. The van der Waals surface area contributed by atoms with E-state index in [1.54, 1.807) is 0 Å². The molecule has 0 aliphatic carbocycles. The number of Topliss-reactive ketones (excluding diaryl/α,β-unsaturated/α-hetero) is 1. The molecule has 0 aliphatic rings. The minimum atomic E-state index is -4.76. The number of hydrogen-bond donors (Lipinski definition) is 1. The van der Waals surface area contributed by atoms with Gasteiger partial charge in [0.2, 0.25) is 0 Å². The van der Waals surface area contributed by atoms with Crippen LogP contribution in [0, 0.1) is 5.92 Å². The molecule has 1 rings (SSSR count). The predicted molar refractivity (Wildman–Crippen MR) is 64.9 cm³/mol. The Kier molecular flexibility index (Phi) is 5.35. The van der Waals surface area contributed by atoms with Crippen LogP contribution >= 0.6 is 0 Å². The molecule has 0 radical (unpaired) electrons. The first-order chi connectivity index (χ1) is 8.85. The van der Waals surface area contributed by atoms with Gasteiger partial charge in [-0.15, -0.1) is 13.2 Å². The number of carbonyl (C=O) groups excluding carboxylic acids is 1. The number of ketones is 1. The molecule has 0 bridgehead atoms. The average Bonchev–Trinajstić information content (AvgIpc) is 2.34. The molecular formula is C13H16F3NO2. The molecule has 1 unspecified atom stereocenters. The first-order valence-electron chi connectivity index (χ1n) is 5.94. The van der Waals surface area contributed by atoms with Crippen molar-refractivity contribution in [2.45, 2.75) is 26.1 Å². The zero-order chi connectivity index (χ0) is 14.5. The maximum Gasteiger partial charge on any atom is 0.573 e. The van der Waals surface area contributed by atoms with Gasteiger partial charge in [0.15, 0.2) is 5.78 Å². The van der Waals surface area contributed by atoms with Crippen LogP contribution in [-0.2, 0) is 0 Å². The summed E-state index contributed by atoms with van der Waals surface area (Å²) in [4.78, 5) is 11.9. The van der Waals surface area contributed by atoms with Gasteiger partial charge in [-0.3, -0.25) is 4.79 Å². The lowest BCUT2D eigenvalue weighted by Gasteiger charge is -2.12. The maximum atomic E-state index is 12.1. The van der Waals surface area contributed by atoms with Gasteiger partial charge in [-0.2, -0.15) is 0 Å². The van der Waals surface area contributed by atoms with Crippen LogP contribution < -0.4 is 10.5 Å². The molecule has 1 atom stereocenters. The van der Waals surface area contributed by atoms with Gasteiger partial charge in [-0.05, 0) is 24.6 Å². The highest BCUT2D eigenvalue weighted by Gasteiger charge is 2.31. The summed E-state index contributed by atoms with van der Waals surface area (Å²) < 4.78 is 40.0. The Morgan fingerprint density at radius 2 is 2.11 bits per heavy atom. The molecule has 0 aromatic heterocycles. The van der Waals surface area contributed by atoms with E-state index in [9.17, 15) is 18.0 Å². The number of hydrogen-bond acceptors (Lipinski definition) is 3. The number of rotatable bonds is 6. The first-order valence-corrected chi connectivity index (χ1v) is 5.94. The van der Waals surface area contributed by atoms with Crippen molar-refractivity contribution in [3.8, 4) is 5.75 Å². The molecule has 1 aromatic rings. The van der Waals surface area contributed by atoms with E-state index in [0.29, 0.717) is 6.54 Å². The van der Waals surface area contributed by atoms with Crippen LogP contribution in [-0.4, -0.2) is 18.7 Å². The van der Waals surface area contributed by atoms with Crippen molar-refractivity contribution in [1.82, 2.24) is 0 Å². The van der Waals surface area contributed by atoms with Crippen molar-refractivity contribution in [2.75, 3.05) is 6.54 Å². The van der Waals surface area contributed by atoms with Crippen molar-refractivity contribution in [3.05, 3.63) is 29.8 Å². The highest BCUT2D eigenvalue weighted by atomic mass is 19.4. The molecule has 0 saturated carbocycles. The molecule has 0 heterocycles. The summed E-state index contributed by atoms with van der Waals surface area (Å²) in [5.74, 6) is -0.580. The highest BCUT2D eigenvalue weighted by Crippen LogP contribution is 2.24. The van der Waals surface area contributed by atoms with Gasteiger partial charge in [0.1, 0.15) is 5.75 Å². The third-order valence-corrected chi connectivity index (χ3v) is 2.77. The minimum absolute atomic E-state index is 0.0414. The number of halogens is 3. The molecule has 0 spiro atoms. The van der Waals surface area contributed by atoms with E-state index < -0.39 is 6.36 Å². The van der Waals surface area contributed by atoms with Crippen molar-refractivity contribution in [2.24, 2.45) is 11.7 Å². The van der Waals surface area contributed by atoms with Crippen LogP contribution in [0.5, 0.6) is 5.75 Å². The van der Waals surface area contributed by atoms with Gasteiger partial charge in [-0.1, -0.05) is 25.5 Å². The van der Waals surface area contributed by atoms with Gasteiger partial charge < -0.3 is 10.5 Å². The summed E-state index contributed by atoms with van der Waals surface area (Å²) >= 11 is 0. The van der Waals surface area contributed by atoms with E-state index in [1.165, 1.54) is 12.1 Å². The molecule has 0 fully saturated rings. The Bertz CT molecular complexity index is 428. The second-order valence-electron chi connectivity index (χ2n) is 4.21. The van der Waals surface area contributed by atoms with Gasteiger partial charge in [0.25, 0.3) is 0 Å². The lowest BCUT2D eigenvalue weighted by atomic mass is 9.96. The van der Waals surface area contributed by atoms with Crippen LogP contribution in [0.3, 0.4) is 0 Å². The lowest BCUT2D eigenvalue weighted by molar-refractivity contribution is -0.274. The van der Waals surface area contributed by atoms with Crippen LogP contribution in [0.2, 0.25) is 0 Å². The number of ether oxygens (including phenoxy) is 1. The zero-order valence-corrected chi connectivity index (χ0v) is 10.5. The van der Waals surface area contributed by atoms with Gasteiger partial charge in [0, 0.05) is 12.0 Å². The normalized spacial score (nSPS) is 13.1. The SMILES string of the molecule is CCC(CN)CC(=O)c1cccc(OC(F)(F)F)c1. The summed E-state index contributed by atoms with van der Waals surface area (Å²) in [6.45, 7) is 2.29. The Labute approximate surface area is 109 Å². The number of nitrogens with two attached hydrogens (primary N) is 1. The van der Waals surface area contributed by atoms with E-state index in [2.05, 4.69) is 4.74 Å². The summed E-state index contributed by atoms with van der Waals surface area (Å²) in [5.41, 5.74) is 5.70. The van der Waals surface area contributed by atoms with Crippen LogP contribution in [0.25, 0.3) is 0 Å². The standard InChI is InChI=1S/C13H16F3NO2/c1-2-9(8-17)6-12(18)10-4-3-5-11(7-10)19-13(14,15)16/h3-5,7,9H,2,6,8,17H2,1H3. The van der Waals surface area contributed by atoms with Crippen LogP contribution in [0.4, 0.5) is 13.2 Å². The van der Waals surface area contributed by atoms with Crippen molar-refractivity contribution in [1.29, 1.82) is 0 Å². The Balaban J connectivity index is 2.78. The van der Waals surface area contributed by atoms with E-state index in [4.69, 9.17) is 5.73 Å². The molecule has 0 aliphatic heterocycles. The summed E-state index contributed by atoms with van der Waals surface area (Å²) in [6.07, 6.45) is -3.78. The number of carbonyl (C=O) groups is 1. The van der Waals surface area contributed by atoms with Gasteiger partial charge in [-0.25, -0.2) is 0 Å². The first kappa shape index (κ1) is 15.5. The quantitative estimate of drug-likeness (QED) is 0.811. The van der Waals surface area contributed by atoms with Gasteiger partial charge in [0.05, 0.1) is 0 Å². The van der Waals surface area contributed by atoms with E-state index in [-0.39, 0.29) is 29.4 Å². The predicted octanol–water partition coefficient (Wildman–Crippen LogP) is 3.14. The zero-order valence-electron chi connectivity index (χ0n) is 10.5. The highest BCUT2D eigenvalue weighted by molar-refractivity contribution is 5.96. The largest absolute Gasteiger partial charge is 0.573 e. The second kappa shape index (κ2) is 6.56. The van der Waals surface area contributed by atoms with E-state index >= 15 is 0 Å². The average molecular weight is 275 g/mol. The third-order valence-electron chi connectivity index (χ3n) is 2.77. The van der Waals surface area contributed by atoms with Gasteiger partial charge >= 0.3 is 6.36 Å². The van der Waals surface area contributed by atoms with Crippen LogP contribution in [0.15, 0.2) is 24.3 Å². The molecule has 0 saturated heterocycles. The molecule has 0 amide bonds. The Hall–Kier alpha value is -1.56. The molecule has 3 nitrogen and oxygen atoms in total. The molecule has 1 aromatic carbocycles. The third kappa shape index (κ3) is 5.30. The number of alkyl halides is 3. The molecule has 2 N–H and O–H groups in total. The lowest BCUT2D eigenvalue weighted by Crippen LogP contribution is -2.18. The topological polar surface area (TPSA) is 52.3 Å². The Morgan fingerprint density at radius 1 is 1.42 bits per heavy atom. The van der Waals surface area contributed by atoms with Crippen molar-refractivity contribution >= 4 is 5.78 Å². The Morgan fingerprint density at radius 3 is 2.63 bits per heavy atom. The molecule has 6 heteroatoms. The smallest absolute Gasteiger partial charge is 0.406 e. The van der Waals surface area contributed by atoms with E-state index in [1.807, 2.05) is 6.92 Å². The summed E-state index contributed by atoms with van der Waals surface area (Å²) in [5, 5.41) is 0. The summed E-state index contributed by atoms with van der Waals surface area (Å²) in [7, 11) is 0. The van der Waals surface area contributed by atoms with Crippen molar-refractivity contribution in [3.63, 3.8) is 0 Å². The summed E-state index contributed by atoms with van der Waals surface area (Å²) in [6, 6.07) is 5.08. The van der Waals surface area contributed by atoms with Crippen molar-refractivity contribution < 1.29 is 22.7 Å². The minimum Gasteiger partial charge on any atom is -0.406 e. The molecular weight excluding hydrogens is 259 g/mol. The number of benzene rings is 1. The van der Waals surface area contributed by atoms with E-state index in [0.717, 1.165) is 18.6 Å². The molecule has 106 valence electrons. The maximum absolute atomic E-state index is 12.1. The fraction of sp³-hybridized carbons (Fsp3) is 0.462. The monoisotopic (exact) mass is 275 g/mol. The second-order valence-corrected chi connectivity index (χ2v) is 4.21. The van der Waals surface area contributed by atoms with Crippen LogP contribution in [0.1, 0.15) is 30.1 Å². The molecule has 19 heavy (non-hydrogen) atoms. The fourth-order valence-corrected chi connectivity index (χ4v) is 1.64.